The maximum absolute atomic E-state index is 6.23. The molecule has 0 aliphatic rings. The predicted molar refractivity (Wildman–Crippen MR) is 209 cm³/mol. The molecule has 0 spiro atoms. The number of nitrogens with zero attached hydrogens (tertiary/aromatic N) is 3. The summed E-state index contributed by atoms with van der Waals surface area (Å²) in [6.07, 6.45) is 0. The Morgan fingerprint density at radius 1 is 0.314 bits per heavy atom. The molecule has 8 aromatic carbocycles. The molecule has 10 rings (SSSR count). The van der Waals surface area contributed by atoms with Gasteiger partial charge in [0.2, 0.25) is 0 Å². The number of hydrogen-bond donors (Lipinski definition) is 0. The van der Waals surface area contributed by atoms with Crippen molar-refractivity contribution < 1.29 is 4.42 Å². The second-order valence-electron chi connectivity index (χ2n) is 12.8. The van der Waals surface area contributed by atoms with E-state index >= 15 is 0 Å². The Labute approximate surface area is 294 Å². The summed E-state index contributed by atoms with van der Waals surface area (Å²) >= 11 is 0. The van der Waals surface area contributed by atoms with Crippen LogP contribution in [0.4, 0.5) is 0 Å². The molecule has 0 unspecified atom stereocenters. The number of furan rings is 1. The van der Waals surface area contributed by atoms with Crippen molar-refractivity contribution in [3.05, 3.63) is 176 Å². The molecule has 0 saturated heterocycles. The topological polar surface area (TPSA) is 51.8 Å². The van der Waals surface area contributed by atoms with Crippen molar-refractivity contribution in [3.8, 4) is 56.4 Å². The second kappa shape index (κ2) is 11.9. The zero-order valence-corrected chi connectivity index (χ0v) is 27.5. The summed E-state index contributed by atoms with van der Waals surface area (Å²) in [6.45, 7) is 0. The first-order valence-electron chi connectivity index (χ1n) is 17.1. The molecule has 0 radical (unpaired) electrons. The third-order valence-electron chi connectivity index (χ3n) is 9.75. The molecule has 51 heavy (non-hydrogen) atoms. The Morgan fingerprint density at radius 2 is 0.843 bits per heavy atom. The van der Waals surface area contributed by atoms with Crippen LogP contribution in [0.5, 0.6) is 0 Å². The smallest absolute Gasteiger partial charge is 0.164 e. The number of benzene rings is 8. The van der Waals surface area contributed by atoms with Crippen LogP contribution >= 0.6 is 0 Å². The van der Waals surface area contributed by atoms with E-state index in [-0.39, 0.29) is 0 Å². The number of rotatable bonds is 5. The monoisotopic (exact) mass is 651 g/mol. The molecule has 0 atom stereocenters. The molecule has 238 valence electrons. The van der Waals surface area contributed by atoms with E-state index in [9.17, 15) is 0 Å². The lowest BCUT2D eigenvalue weighted by molar-refractivity contribution is 0.669. The Kier molecular flexibility index (Phi) is 6.78. The van der Waals surface area contributed by atoms with Crippen molar-refractivity contribution in [1.82, 2.24) is 15.0 Å². The predicted octanol–water partition coefficient (Wildman–Crippen LogP) is 12.4. The first kappa shape index (κ1) is 29.0. The van der Waals surface area contributed by atoms with Crippen LogP contribution in [0.1, 0.15) is 0 Å². The van der Waals surface area contributed by atoms with Crippen LogP contribution in [-0.4, -0.2) is 15.0 Å². The average molecular weight is 652 g/mol. The van der Waals surface area contributed by atoms with Gasteiger partial charge in [-0.05, 0) is 62.0 Å². The van der Waals surface area contributed by atoms with Crippen molar-refractivity contribution in [2.45, 2.75) is 0 Å². The fourth-order valence-electron chi connectivity index (χ4n) is 7.37. The molecule has 0 aliphatic heterocycles. The zero-order chi connectivity index (χ0) is 33.7. The van der Waals surface area contributed by atoms with Crippen molar-refractivity contribution in [1.29, 1.82) is 0 Å². The lowest BCUT2D eigenvalue weighted by Gasteiger charge is -2.14. The molecular formula is C47H29N3O. The Hall–Kier alpha value is -6.91. The first-order chi connectivity index (χ1) is 25.3. The van der Waals surface area contributed by atoms with Gasteiger partial charge in [-0.25, -0.2) is 15.0 Å². The minimum Gasteiger partial charge on any atom is -0.456 e. The highest BCUT2D eigenvalue weighted by Gasteiger charge is 2.18. The summed E-state index contributed by atoms with van der Waals surface area (Å²) in [5.74, 6) is 1.84. The van der Waals surface area contributed by atoms with Gasteiger partial charge in [0.1, 0.15) is 11.2 Å². The van der Waals surface area contributed by atoms with Gasteiger partial charge in [0.25, 0.3) is 0 Å². The highest BCUT2D eigenvalue weighted by atomic mass is 16.3. The third kappa shape index (κ3) is 4.96. The molecule has 0 N–H and O–H groups in total. The Morgan fingerprint density at radius 3 is 1.71 bits per heavy atom. The molecule has 0 fully saturated rings. The maximum Gasteiger partial charge on any atom is 0.164 e. The highest BCUT2D eigenvalue weighted by Crippen LogP contribution is 2.40. The highest BCUT2D eigenvalue weighted by molar-refractivity contribution is 6.12. The molecule has 0 aliphatic carbocycles. The molecular weight excluding hydrogens is 623 g/mol. The van der Waals surface area contributed by atoms with Crippen LogP contribution in [0.15, 0.2) is 180 Å². The van der Waals surface area contributed by atoms with Gasteiger partial charge in [0, 0.05) is 27.5 Å². The van der Waals surface area contributed by atoms with E-state index in [1.54, 1.807) is 0 Å². The van der Waals surface area contributed by atoms with E-state index in [4.69, 9.17) is 19.4 Å². The SMILES string of the molecule is c1ccc(-c2nc(-c3cccc(-c4ccc(-c5cccc6ccccc56)c5ccccc45)c3)nc(-c3cccc4oc5ccccc5c34)n2)cc1. The first-order valence-corrected chi connectivity index (χ1v) is 17.1. The van der Waals surface area contributed by atoms with Crippen LogP contribution in [-0.2, 0) is 0 Å². The van der Waals surface area contributed by atoms with Gasteiger partial charge in [-0.1, -0.05) is 158 Å². The van der Waals surface area contributed by atoms with Gasteiger partial charge >= 0.3 is 0 Å². The number of aromatic nitrogens is 3. The van der Waals surface area contributed by atoms with E-state index in [0.29, 0.717) is 17.5 Å². The number of para-hydroxylation sites is 1. The van der Waals surface area contributed by atoms with Gasteiger partial charge in [0.15, 0.2) is 17.5 Å². The number of fused-ring (bicyclic) bond motifs is 5. The van der Waals surface area contributed by atoms with Crippen molar-refractivity contribution in [3.63, 3.8) is 0 Å². The lowest BCUT2D eigenvalue weighted by atomic mass is 9.90. The Balaban J connectivity index is 1.15. The van der Waals surface area contributed by atoms with Crippen molar-refractivity contribution >= 4 is 43.5 Å². The molecule has 0 bridgehead atoms. The minimum absolute atomic E-state index is 0.603. The fraction of sp³-hybridized carbons (Fsp3) is 0. The summed E-state index contributed by atoms with van der Waals surface area (Å²) in [7, 11) is 0. The maximum atomic E-state index is 6.23. The standard InChI is InChI=1S/C47H29N3O/c1-2-14-31(15-3-1)45-48-46(50-47(49-45)41-24-12-26-43-44(41)40-22-8-9-25-42(40)51-43)33-18-10-17-32(29-33)35-27-28-39(38-21-7-6-20-36(35)38)37-23-11-16-30-13-4-5-19-34(30)37/h1-29H. The molecule has 4 nitrogen and oxygen atoms in total. The minimum atomic E-state index is 0.603. The average Bonchev–Trinajstić information content (AvgIpc) is 3.60. The van der Waals surface area contributed by atoms with Crippen LogP contribution in [0.25, 0.3) is 99.9 Å². The Bertz CT molecular complexity index is 2920. The van der Waals surface area contributed by atoms with Crippen LogP contribution in [0.2, 0.25) is 0 Å². The largest absolute Gasteiger partial charge is 0.456 e. The summed E-state index contributed by atoms with van der Waals surface area (Å²) in [5, 5.41) is 6.92. The van der Waals surface area contributed by atoms with Crippen LogP contribution < -0.4 is 0 Å². The van der Waals surface area contributed by atoms with Gasteiger partial charge in [-0.15, -0.1) is 0 Å². The van der Waals surface area contributed by atoms with Gasteiger partial charge in [0.05, 0.1) is 0 Å². The van der Waals surface area contributed by atoms with Crippen molar-refractivity contribution in [2.24, 2.45) is 0 Å². The molecule has 4 heteroatoms. The zero-order valence-electron chi connectivity index (χ0n) is 27.5. The fourth-order valence-corrected chi connectivity index (χ4v) is 7.37. The lowest BCUT2D eigenvalue weighted by Crippen LogP contribution is -2.00. The quantitative estimate of drug-likeness (QED) is 0.186. The number of hydrogen-bond acceptors (Lipinski definition) is 4. The molecule has 10 aromatic rings. The molecule has 2 heterocycles. The van der Waals surface area contributed by atoms with Crippen LogP contribution in [0, 0.1) is 0 Å². The van der Waals surface area contributed by atoms with E-state index in [0.717, 1.165) is 49.8 Å². The van der Waals surface area contributed by atoms with E-state index in [1.807, 2.05) is 60.7 Å². The van der Waals surface area contributed by atoms with E-state index in [1.165, 1.54) is 32.7 Å². The van der Waals surface area contributed by atoms with Gasteiger partial charge in [-0.2, -0.15) is 0 Å². The normalized spacial score (nSPS) is 11.5. The molecule has 0 saturated carbocycles. The van der Waals surface area contributed by atoms with Gasteiger partial charge < -0.3 is 4.42 Å². The van der Waals surface area contributed by atoms with E-state index in [2.05, 4.69) is 115 Å². The summed E-state index contributed by atoms with van der Waals surface area (Å²) in [6, 6.07) is 61.1. The third-order valence-corrected chi connectivity index (χ3v) is 9.75. The molecule has 0 amide bonds. The van der Waals surface area contributed by atoms with E-state index < -0.39 is 0 Å². The van der Waals surface area contributed by atoms with Crippen LogP contribution in [0.3, 0.4) is 0 Å². The second-order valence-corrected chi connectivity index (χ2v) is 12.8. The summed E-state index contributed by atoms with van der Waals surface area (Å²) in [5.41, 5.74) is 9.10. The molecule has 2 aromatic heterocycles. The summed E-state index contributed by atoms with van der Waals surface area (Å²) in [4.78, 5) is 15.3. The van der Waals surface area contributed by atoms with Crippen molar-refractivity contribution in [2.75, 3.05) is 0 Å². The van der Waals surface area contributed by atoms with Gasteiger partial charge in [-0.3, -0.25) is 0 Å². The summed E-state index contributed by atoms with van der Waals surface area (Å²) < 4.78 is 6.23.